The number of fused-ring (bicyclic) bond motifs is 3. The summed E-state index contributed by atoms with van der Waals surface area (Å²) < 4.78 is 16.5. The zero-order chi connectivity index (χ0) is 35.2. The van der Waals surface area contributed by atoms with Gasteiger partial charge < -0.3 is 4.57 Å². The molecule has 0 spiro atoms. The summed E-state index contributed by atoms with van der Waals surface area (Å²) in [4.78, 5) is 15.0. The van der Waals surface area contributed by atoms with Gasteiger partial charge in [0.1, 0.15) is 5.82 Å². The molecule has 0 N–H and O–H groups in total. The molecule has 9 aromatic rings. The molecule has 0 unspecified atom stereocenters. The molecule has 248 valence electrons. The first-order valence-corrected chi connectivity index (χ1v) is 17.4. The average molecular weight is 673 g/mol. The molecule has 0 aliphatic rings. The van der Waals surface area contributed by atoms with Crippen molar-refractivity contribution in [3.8, 4) is 62.1 Å². The predicted molar refractivity (Wildman–Crippen MR) is 211 cm³/mol. The molecular weight excluding hydrogens is 640 g/mol. The number of nitrogens with zero attached hydrogens (tertiary/aromatic N) is 4. The molecule has 0 fully saturated rings. The van der Waals surface area contributed by atoms with E-state index in [4.69, 9.17) is 15.0 Å². The maximum absolute atomic E-state index is 14.2. The lowest BCUT2D eigenvalue weighted by atomic mass is 9.99. The summed E-state index contributed by atoms with van der Waals surface area (Å²) in [6.45, 7) is 4.28. The summed E-state index contributed by atoms with van der Waals surface area (Å²) in [6, 6.07) is 54.9. The molecule has 2 heterocycles. The molecule has 0 bridgehead atoms. The molecule has 0 atom stereocenters. The van der Waals surface area contributed by atoms with Gasteiger partial charge in [-0.3, -0.25) is 0 Å². The van der Waals surface area contributed by atoms with E-state index >= 15 is 0 Å². The fourth-order valence-corrected chi connectivity index (χ4v) is 7.22. The molecule has 0 radical (unpaired) electrons. The lowest BCUT2D eigenvalue weighted by Gasteiger charge is -2.16. The molecule has 0 saturated carbocycles. The maximum Gasteiger partial charge on any atom is 0.164 e. The van der Waals surface area contributed by atoms with Crippen molar-refractivity contribution in [3.63, 3.8) is 0 Å². The minimum absolute atomic E-state index is 0.273. The van der Waals surface area contributed by atoms with Crippen molar-refractivity contribution in [2.75, 3.05) is 0 Å². The van der Waals surface area contributed by atoms with Crippen LogP contribution < -0.4 is 0 Å². The normalized spacial score (nSPS) is 11.4. The highest BCUT2D eigenvalue weighted by Gasteiger charge is 2.19. The Hall–Kier alpha value is -6.72. The zero-order valence-corrected chi connectivity index (χ0v) is 28.8. The van der Waals surface area contributed by atoms with Gasteiger partial charge in [0.05, 0.1) is 16.7 Å². The van der Waals surface area contributed by atoms with E-state index in [1.165, 1.54) is 34.4 Å². The summed E-state index contributed by atoms with van der Waals surface area (Å²) in [5.74, 6) is 1.50. The van der Waals surface area contributed by atoms with E-state index in [-0.39, 0.29) is 5.82 Å². The third-order valence-corrected chi connectivity index (χ3v) is 9.58. The average Bonchev–Trinajstić information content (AvgIpc) is 3.52. The Morgan fingerprint density at radius 3 is 1.60 bits per heavy atom. The van der Waals surface area contributed by atoms with Crippen LogP contribution in [0.3, 0.4) is 0 Å². The minimum atomic E-state index is -0.273. The van der Waals surface area contributed by atoms with Crippen LogP contribution in [-0.2, 0) is 0 Å². The number of para-hydroxylation sites is 1. The van der Waals surface area contributed by atoms with E-state index in [9.17, 15) is 4.39 Å². The van der Waals surface area contributed by atoms with Crippen LogP contribution >= 0.6 is 0 Å². The van der Waals surface area contributed by atoms with Crippen molar-refractivity contribution in [1.29, 1.82) is 0 Å². The molecular formula is C47H33FN4. The summed E-state index contributed by atoms with van der Waals surface area (Å²) in [5, 5.41) is 2.30. The first-order chi connectivity index (χ1) is 25.5. The second-order valence-electron chi connectivity index (χ2n) is 13.2. The highest BCUT2D eigenvalue weighted by atomic mass is 19.1. The molecule has 52 heavy (non-hydrogen) atoms. The monoisotopic (exact) mass is 672 g/mol. The Balaban J connectivity index is 1.30. The standard InChI is InChI=1S/C47H33FN4/c1-30-25-31(2)27-37(26-30)35-20-24-43-41(28-35)40-15-9-10-16-42(40)52(43)44-29-36(19-23-39(44)32-17-21-38(48)22-18-32)47-50-45(33-11-5-3-6-12-33)49-46(51-47)34-13-7-4-8-14-34/h3-29H,1-2H3. The van der Waals surface area contributed by atoms with Gasteiger partial charge in [-0.15, -0.1) is 0 Å². The van der Waals surface area contributed by atoms with Gasteiger partial charge >= 0.3 is 0 Å². The van der Waals surface area contributed by atoms with Crippen molar-refractivity contribution in [2.45, 2.75) is 13.8 Å². The van der Waals surface area contributed by atoms with Gasteiger partial charge in [-0.05, 0) is 66.9 Å². The largest absolute Gasteiger partial charge is 0.309 e. The number of aryl methyl sites for hydroxylation is 2. The van der Waals surface area contributed by atoms with E-state index in [0.29, 0.717) is 17.5 Å². The van der Waals surface area contributed by atoms with Crippen molar-refractivity contribution < 1.29 is 4.39 Å². The Bertz CT molecular complexity index is 2670. The van der Waals surface area contributed by atoms with Gasteiger partial charge in [0.2, 0.25) is 0 Å². The lowest BCUT2D eigenvalue weighted by molar-refractivity contribution is 0.628. The SMILES string of the molecule is Cc1cc(C)cc(-c2ccc3c(c2)c2ccccc2n3-c2cc(-c3nc(-c4ccccc4)nc(-c4ccccc4)n3)ccc2-c2ccc(F)cc2)c1. The third kappa shape index (κ3) is 5.72. The quantitative estimate of drug-likeness (QED) is 0.177. The number of benzene rings is 7. The number of hydrogen-bond acceptors (Lipinski definition) is 3. The Morgan fingerprint density at radius 2 is 0.942 bits per heavy atom. The van der Waals surface area contributed by atoms with Crippen LogP contribution in [0.4, 0.5) is 4.39 Å². The minimum Gasteiger partial charge on any atom is -0.309 e. The topological polar surface area (TPSA) is 43.6 Å². The number of aromatic nitrogens is 4. The molecule has 9 rings (SSSR count). The highest BCUT2D eigenvalue weighted by molar-refractivity contribution is 6.11. The van der Waals surface area contributed by atoms with E-state index in [2.05, 4.69) is 91.2 Å². The summed E-state index contributed by atoms with van der Waals surface area (Å²) in [7, 11) is 0. The zero-order valence-electron chi connectivity index (χ0n) is 28.8. The number of rotatable bonds is 6. The number of hydrogen-bond donors (Lipinski definition) is 0. The van der Waals surface area contributed by atoms with Crippen molar-refractivity contribution in [3.05, 3.63) is 181 Å². The highest BCUT2D eigenvalue weighted by Crippen LogP contribution is 2.40. The predicted octanol–water partition coefficient (Wildman–Crippen LogP) is 12.1. The van der Waals surface area contributed by atoms with Crippen LogP contribution in [0.15, 0.2) is 164 Å². The molecule has 0 saturated heterocycles. The maximum atomic E-state index is 14.2. The third-order valence-electron chi connectivity index (χ3n) is 9.58. The summed E-state index contributed by atoms with van der Waals surface area (Å²) >= 11 is 0. The second-order valence-corrected chi connectivity index (χ2v) is 13.2. The van der Waals surface area contributed by atoms with Gasteiger partial charge in [0, 0.05) is 33.0 Å². The lowest BCUT2D eigenvalue weighted by Crippen LogP contribution is -2.02. The van der Waals surface area contributed by atoms with E-state index in [1.54, 1.807) is 0 Å². The number of halogens is 1. The Morgan fingerprint density at radius 1 is 0.404 bits per heavy atom. The van der Waals surface area contributed by atoms with Gasteiger partial charge in [-0.1, -0.05) is 139 Å². The molecule has 4 nitrogen and oxygen atoms in total. The molecule has 2 aromatic heterocycles. The Kier molecular flexibility index (Phi) is 7.74. The fourth-order valence-electron chi connectivity index (χ4n) is 7.22. The first kappa shape index (κ1) is 31.3. The van der Waals surface area contributed by atoms with E-state index in [1.807, 2.05) is 78.9 Å². The van der Waals surface area contributed by atoms with Crippen molar-refractivity contribution in [1.82, 2.24) is 19.5 Å². The molecule has 0 aliphatic heterocycles. The van der Waals surface area contributed by atoms with Gasteiger partial charge in [0.15, 0.2) is 17.5 Å². The molecule has 0 aliphatic carbocycles. The fraction of sp³-hybridized carbons (Fsp3) is 0.0426. The van der Waals surface area contributed by atoms with Gasteiger partial charge in [-0.25, -0.2) is 19.3 Å². The van der Waals surface area contributed by atoms with Crippen LogP contribution in [0.2, 0.25) is 0 Å². The van der Waals surface area contributed by atoms with Crippen LogP contribution in [0.1, 0.15) is 11.1 Å². The summed E-state index contributed by atoms with van der Waals surface area (Å²) in [5.41, 5.74) is 12.5. The van der Waals surface area contributed by atoms with Gasteiger partial charge in [0.25, 0.3) is 0 Å². The van der Waals surface area contributed by atoms with Crippen molar-refractivity contribution >= 4 is 21.8 Å². The molecule has 0 amide bonds. The van der Waals surface area contributed by atoms with Gasteiger partial charge in [-0.2, -0.15) is 0 Å². The van der Waals surface area contributed by atoms with E-state index in [0.717, 1.165) is 55.3 Å². The summed E-state index contributed by atoms with van der Waals surface area (Å²) in [6.07, 6.45) is 0. The first-order valence-electron chi connectivity index (χ1n) is 17.4. The molecule has 5 heteroatoms. The van der Waals surface area contributed by atoms with E-state index < -0.39 is 0 Å². The van der Waals surface area contributed by atoms with Crippen LogP contribution in [0.25, 0.3) is 83.9 Å². The second kappa shape index (κ2) is 12.9. The van der Waals surface area contributed by atoms with Crippen molar-refractivity contribution in [2.24, 2.45) is 0 Å². The van der Waals surface area contributed by atoms with Crippen LogP contribution in [0.5, 0.6) is 0 Å². The van der Waals surface area contributed by atoms with Crippen LogP contribution in [-0.4, -0.2) is 19.5 Å². The Labute approximate surface area is 301 Å². The van der Waals surface area contributed by atoms with Crippen LogP contribution in [0, 0.1) is 19.7 Å². The molecule has 7 aromatic carbocycles. The smallest absolute Gasteiger partial charge is 0.164 e.